The highest BCUT2D eigenvalue weighted by Crippen LogP contribution is 2.22. The Morgan fingerprint density at radius 2 is 2.00 bits per heavy atom. The Morgan fingerprint density at radius 1 is 1.23 bits per heavy atom. The fourth-order valence-corrected chi connectivity index (χ4v) is 2.23. The average Bonchev–Trinajstić information content (AvgIpc) is 2.50. The van der Waals surface area contributed by atoms with E-state index in [1.165, 1.54) is 6.07 Å². The van der Waals surface area contributed by atoms with Gasteiger partial charge in [-0.2, -0.15) is 0 Å². The number of hydrogen-bond donors (Lipinski definition) is 2. The molecule has 22 heavy (non-hydrogen) atoms. The van der Waals surface area contributed by atoms with Gasteiger partial charge in [-0.25, -0.2) is 4.39 Å². The molecule has 0 bridgehead atoms. The Balaban J connectivity index is 1.85. The van der Waals surface area contributed by atoms with Gasteiger partial charge in [0.25, 0.3) is 0 Å². The van der Waals surface area contributed by atoms with E-state index in [9.17, 15) is 9.18 Å². The molecule has 1 amide bonds. The molecule has 116 valence electrons. The van der Waals surface area contributed by atoms with Crippen LogP contribution >= 0.6 is 11.6 Å². The number of anilines is 1. The van der Waals surface area contributed by atoms with Gasteiger partial charge < -0.3 is 10.6 Å². The van der Waals surface area contributed by atoms with Crippen LogP contribution in [0, 0.1) is 19.7 Å². The fraction of sp³-hybridized carbons (Fsp3) is 0.235. The topological polar surface area (TPSA) is 41.1 Å². The zero-order chi connectivity index (χ0) is 16.1. The van der Waals surface area contributed by atoms with Gasteiger partial charge in [-0.05, 0) is 48.7 Å². The molecule has 0 atom stereocenters. The number of benzene rings is 2. The monoisotopic (exact) mass is 320 g/mol. The molecule has 0 aliphatic rings. The second-order valence-corrected chi connectivity index (χ2v) is 5.53. The van der Waals surface area contributed by atoms with Crippen LogP contribution < -0.4 is 10.6 Å². The minimum Gasteiger partial charge on any atom is -0.376 e. The van der Waals surface area contributed by atoms with Crippen molar-refractivity contribution in [3.05, 3.63) is 63.9 Å². The molecule has 2 rings (SSSR count). The molecule has 0 heterocycles. The van der Waals surface area contributed by atoms with E-state index < -0.39 is 0 Å². The molecule has 0 radical (unpaired) electrons. The first-order chi connectivity index (χ1) is 10.5. The summed E-state index contributed by atoms with van der Waals surface area (Å²) < 4.78 is 13.2. The lowest BCUT2D eigenvalue weighted by Gasteiger charge is -2.11. The van der Waals surface area contributed by atoms with Crippen LogP contribution in [0.2, 0.25) is 5.02 Å². The lowest BCUT2D eigenvalue weighted by molar-refractivity contribution is -0.119. The summed E-state index contributed by atoms with van der Waals surface area (Å²) in [4.78, 5) is 11.9. The van der Waals surface area contributed by atoms with Crippen molar-refractivity contribution in [1.29, 1.82) is 0 Å². The number of carbonyl (C=O) groups is 1. The third kappa shape index (κ3) is 4.21. The van der Waals surface area contributed by atoms with Crippen molar-refractivity contribution in [3.63, 3.8) is 0 Å². The molecular weight excluding hydrogens is 303 g/mol. The Morgan fingerprint density at radius 3 is 2.73 bits per heavy atom. The van der Waals surface area contributed by atoms with Crippen LogP contribution in [0.3, 0.4) is 0 Å². The number of hydrogen-bond acceptors (Lipinski definition) is 2. The second-order valence-electron chi connectivity index (χ2n) is 5.13. The molecule has 0 aliphatic carbocycles. The van der Waals surface area contributed by atoms with Gasteiger partial charge in [0.2, 0.25) is 5.91 Å². The molecule has 5 heteroatoms. The zero-order valence-electron chi connectivity index (χ0n) is 12.5. The van der Waals surface area contributed by atoms with Crippen LogP contribution in [0.15, 0.2) is 36.4 Å². The molecule has 2 N–H and O–H groups in total. The molecule has 0 aliphatic heterocycles. The van der Waals surface area contributed by atoms with E-state index >= 15 is 0 Å². The average molecular weight is 321 g/mol. The van der Waals surface area contributed by atoms with E-state index in [4.69, 9.17) is 11.6 Å². The quantitative estimate of drug-likeness (QED) is 0.879. The second kappa shape index (κ2) is 7.27. The van der Waals surface area contributed by atoms with Gasteiger partial charge in [0.15, 0.2) is 0 Å². The van der Waals surface area contributed by atoms with Crippen LogP contribution in [0.25, 0.3) is 0 Å². The molecular formula is C17H18ClFN2O. The van der Waals surface area contributed by atoms with Crippen molar-refractivity contribution in [2.75, 3.05) is 11.9 Å². The van der Waals surface area contributed by atoms with Gasteiger partial charge in [-0.1, -0.05) is 29.8 Å². The summed E-state index contributed by atoms with van der Waals surface area (Å²) in [5.41, 5.74) is 3.18. The summed E-state index contributed by atoms with van der Waals surface area (Å²) in [6.45, 7) is 4.12. The fourth-order valence-electron chi connectivity index (χ4n) is 2.05. The Kier molecular flexibility index (Phi) is 5.39. The first kappa shape index (κ1) is 16.3. The number of halogens is 2. The molecule has 2 aromatic carbocycles. The van der Waals surface area contributed by atoms with E-state index in [2.05, 4.69) is 10.6 Å². The molecule has 0 aromatic heterocycles. The smallest absolute Gasteiger partial charge is 0.239 e. The van der Waals surface area contributed by atoms with E-state index in [1.807, 2.05) is 19.1 Å². The van der Waals surface area contributed by atoms with Crippen LogP contribution in [-0.4, -0.2) is 12.5 Å². The van der Waals surface area contributed by atoms with E-state index in [0.717, 1.165) is 16.8 Å². The van der Waals surface area contributed by atoms with Crippen molar-refractivity contribution < 1.29 is 9.18 Å². The van der Waals surface area contributed by atoms with Crippen molar-refractivity contribution in [3.8, 4) is 0 Å². The van der Waals surface area contributed by atoms with E-state index in [1.54, 1.807) is 25.1 Å². The minimum atomic E-state index is -0.242. The van der Waals surface area contributed by atoms with Gasteiger partial charge in [-0.15, -0.1) is 0 Å². The maximum Gasteiger partial charge on any atom is 0.239 e. The first-order valence-corrected chi connectivity index (χ1v) is 7.36. The highest BCUT2D eigenvalue weighted by Gasteiger charge is 2.05. The molecule has 0 saturated carbocycles. The van der Waals surface area contributed by atoms with Crippen LogP contribution in [-0.2, 0) is 11.3 Å². The predicted molar refractivity (Wildman–Crippen MR) is 87.7 cm³/mol. The third-order valence-electron chi connectivity index (χ3n) is 3.42. The highest BCUT2D eigenvalue weighted by molar-refractivity contribution is 6.31. The van der Waals surface area contributed by atoms with Gasteiger partial charge >= 0.3 is 0 Å². The Hall–Kier alpha value is -2.07. The van der Waals surface area contributed by atoms with Crippen molar-refractivity contribution in [1.82, 2.24) is 5.32 Å². The lowest BCUT2D eigenvalue weighted by atomic mass is 10.1. The molecule has 0 spiro atoms. The third-order valence-corrected chi connectivity index (χ3v) is 3.83. The largest absolute Gasteiger partial charge is 0.376 e. The molecule has 2 aromatic rings. The predicted octanol–water partition coefficient (Wildman–Crippen LogP) is 3.82. The molecule has 0 fully saturated rings. The summed E-state index contributed by atoms with van der Waals surface area (Å²) in [6, 6.07) is 10.3. The maximum absolute atomic E-state index is 13.2. The summed E-state index contributed by atoms with van der Waals surface area (Å²) in [7, 11) is 0. The summed E-state index contributed by atoms with van der Waals surface area (Å²) in [6.07, 6.45) is 0. The summed E-state index contributed by atoms with van der Waals surface area (Å²) >= 11 is 6.03. The van der Waals surface area contributed by atoms with Crippen LogP contribution in [0.4, 0.5) is 10.1 Å². The molecule has 3 nitrogen and oxygen atoms in total. The van der Waals surface area contributed by atoms with Crippen LogP contribution in [0.1, 0.15) is 16.7 Å². The van der Waals surface area contributed by atoms with E-state index in [-0.39, 0.29) is 18.3 Å². The Bertz CT molecular complexity index is 688. The van der Waals surface area contributed by atoms with Gasteiger partial charge in [0.1, 0.15) is 5.82 Å². The maximum atomic E-state index is 13.2. The van der Waals surface area contributed by atoms with Crippen molar-refractivity contribution in [2.24, 2.45) is 0 Å². The standard InChI is InChI=1S/C17H18ClFN2O/c1-11-8-13(6-7-15(11)19)9-21-17(22)10-20-16-5-3-4-14(18)12(16)2/h3-8,20H,9-10H2,1-2H3,(H,21,22). The molecule has 0 saturated heterocycles. The zero-order valence-corrected chi connectivity index (χ0v) is 13.3. The summed E-state index contributed by atoms with van der Waals surface area (Å²) in [5.74, 6) is -0.380. The van der Waals surface area contributed by atoms with Gasteiger partial charge in [0.05, 0.1) is 6.54 Å². The Labute approximate surface area is 134 Å². The van der Waals surface area contributed by atoms with Crippen molar-refractivity contribution >= 4 is 23.2 Å². The lowest BCUT2D eigenvalue weighted by Crippen LogP contribution is -2.29. The van der Waals surface area contributed by atoms with E-state index in [0.29, 0.717) is 17.1 Å². The number of nitrogens with one attached hydrogen (secondary N) is 2. The van der Waals surface area contributed by atoms with Crippen LogP contribution in [0.5, 0.6) is 0 Å². The number of rotatable bonds is 5. The minimum absolute atomic E-state index is 0.138. The number of amides is 1. The van der Waals surface area contributed by atoms with Crippen molar-refractivity contribution in [2.45, 2.75) is 20.4 Å². The van der Waals surface area contributed by atoms with Gasteiger partial charge in [-0.3, -0.25) is 4.79 Å². The SMILES string of the molecule is Cc1cc(CNC(=O)CNc2cccc(Cl)c2C)ccc1F. The number of aryl methyl sites for hydroxylation is 1. The highest BCUT2D eigenvalue weighted by atomic mass is 35.5. The number of carbonyl (C=O) groups excluding carboxylic acids is 1. The normalized spacial score (nSPS) is 10.4. The summed E-state index contributed by atoms with van der Waals surface area (Å²) in [5, 5.41) is 6.51. The first-order valence-electron chi connectivity index (χ1n) is 6.98. The molecule has 0 unspecified atom stereocenters. The van der Waals surface area contributed by atoms with Gasteiger partial charge in [0, 0.05) is 17.3 Å².